The van der Waals surface area contributed by atoms with Crippen molar-refractivity contribution in [2.75, 3.05) is 6.61 Å². The van der Waals surface area contributed by atoms with E-state index in [9.17, 15) is 4.79 Å². The largest absolute Gasteiger partial charge is 0.452 e. The first-order chi connectivity index (χ1) is 6.55. The summed E-state index contributed by atoms with van der Waals surface area (Å²) >= 11 is 0. The fraction of sp³-hybridized carbons (Fsp3) is 0.727. The van der Waals surface area contributed by atoms with Crippen LogP contribution in [0.15, 0.2) is 11.6 Å². The smallest absolute Gasteiger partial charge is 0.334 e. The molecule has 0 saturated heterocycles. The van der Waals surface area contributed by atoms with Crippen LogP contribution in [0.4, 0.5) is 0 Å². The van der Waals surface area contributed by atoms with Crippen LogP contribution in [0.3, 0.4) is 0 Å². The van der Waals surface area contributed by atoms with Gasteiger partial charge in [-0.1, -0.05) is 6.42 Å². The van der Waals surface area contributed by atoms with Gasteiger partial charge in [0.25, 0.3) is 0 Å². The molecule has 3 nitrogen and oxygen atoms in total. The van der Waals surface area contributed by atoms with Crippen molar-refractivity contribution in [1.29, 1.82) is 0 Å². The van der Waals surface area contributed by atoms with E-state index in [1.807, 2.05) is 19.9 Å². The van der Waals surface area contributed by atoms with Gasteiger partial charge in [-0.25, -0.2) is 4.79 Å². The van der Waals surface area contributed by atoms with Gasteiger partial charge in [-0.3, -0.25) is 0 Å². The van der Waals surface area contributed by atoms with Crippen LogP contribution in [-0.4, -0.2) is 23.3 Å². The van der Waals surface area contributed by atoms with Gasteiger partial charge >= 0.3 is 5.97 Å². The van der Waals surface area contributed by atoms with Gasteiger partial charge in [-0.2, -0.15) is 0 Å². The van der Waals surface area contributed by atoms with E-state index in [0.717, 1.165) is 31.3 Å². The number of hydrogen-bond acceptors (Lipinski definition) is 3. The number of carbonyl (C=O) groups excluding carboxylic acids is 1. The molecule has 0 aromatic rings. The van der Waals surface area contributed by atoms with Crippen molar-refractivity contribution < 1.29 is 14.6 Å². The third-order valence-electron chi connectivity index (χ3n) is 2.24. The molecular formula is C11H18O3. The highest BCUT2D eigenvalue weighted by Crippen LogP contribution is 2.26. The molecule has 0 saturated carbocycles. The van der Waals surface area contributed by atoms with Crippen molar-refractivity contribution >= 4 is 5.97 Å². The fourth-order valence-corrected chi connectivity index (χ4v) is 1.59. The molecule has 0 aliphatic carbocycles. The first-order valence-electron chi connectivity index (χ1n) is 5.11. The number of carbonyl (C=O) groups is 1. The van der Waals surface area contributed by atoms with Crippen LogP contribution in [0, 0.1) is 0 Å². The lowest BCUT2D eigenvalue weighted by Gasteiger charge is -2.12. The number of aliphatic hydroxyl groups excluding tert-OH is 1. The number of hydrogen-bond donors (Lipinski definition) is 1. The molecule has 3 heteroatoms. The first kappa shape index (κ1) is 11.2. The Kier molecular flexibility index (Phi) is 3.69. The van der Waals surface area contributed by atoms with E-state index in [0.29, 0.717) is 0 Å². The summed E-state index contributed by atoms with van der Waals surface area (Å²) in [4.78, 5) is 11.3. The van der Waals surface area contributed by atoms with Crippen molar-refractivity contribution in [2.45, 2.75) is 45.1 Å². The van der Waals surface area contributed by atoms with E-state index in [2.05, 4.69) is 0 Å². The molecule has 0 aromatic heterocycles. The van der Waals surface area contributed by atoms with Gasteiger partial charge in [0.15, 0.2) is 0 Å². The molecule has 0 radical (unpaired) electrons. The van der Waals surface area contributed by atoms with Gasteiger partial charge in [-0.05, 0) is 39.2 Å². The van der Waals surface area contributed by atoms with Gasteiger partial charge < -0.3 is 9.84 Å². The van der Waals surface area contributed by atoms with Crippen molar-refractivity contribution in [1.82, 2.24) is 0 Å². The predicted molar refractivity (Wildman–Crippen MR) is 53.8 cm³/mol. The molecule has 1 heterocycles. The quantitative estimate of drug-likeness (QED) is 0.541. The number of rotatable bonds is 5. The van der Waals surface area contributed by atoms with Gasteiger partial charge in [0, 0.05) is 12.2 Å². The second-order valence-corrected chi connectivity index (χ2v) is 4.20. The average Bonchev–Trinajstić information content (AvgIpc) is 2.34. The number of aliphatic hydroxyl groups is 1. The standard InChI is InChI=1S/C11H18O3/c1-11(2)8-9(10(13)14-11)6-4-3-5-7-12/h8,12H,3-7H2,1-2H3. The summed E-state index contributed by atoms with van der Waals surface area (Å²) in [6.07, 6.45) is 5.38. The molecule has 1 aliphatic heterocycles. The molecule has 0 amide bonds. The topological polar surface area (TPSA) is 46.5 Å². The number of esters is 1. The summed E-state index contributed by atoms with van der Waals surface area (Å²) in [7, 11) is 0. The highest BCUT2D eigenvalue weighted by molar-refractivity contribution is 5.91. The summed E-state index contributed by atoms with van der Waals surface area (Å²) in [6.45, 7) is 3.99. The summed E-state index contributed by atoms with van der Waals surface area (Å²) in [5.74, 6) is -0.181. The third-order valence-corrected chi connectivity index (χ3v) is 2.24. The molecule has 0 fully saturated rings. The molecule has 0 spiro atoms. The zero-order valence-electron chi connectivity index (χ0n) is 8.88. The third kappa shape index (κ3) is 3.14. The molecule has 0 bridgehead atoms. The molecule has 0 unspecified atom stereocenters. The Hall–Kier alpha value is -0.830. The molecule has 0 atom stereocenters. The van der Waals surface area contributed by atoms with Crippen LogP contribution in [0.25, 0.3) is 0 Å². The van der Waals surface area contributed by atoms with E-state index in [1.165, 1.54) is 0 Å². The van der Waals surface area contributed by atoms with Crippen molar-refractivity contribution in [3.05, 3.63) is 11.6 Å². The van der Waals surface area contributed by atoms with Crippen molar-refractivity contribution in [3.63, 3.8) is 0 Å². The zero-order valence-corrected chi connectivity index (χ0v) is 8.88. The SMILES string of the molecule is CC1(C)C=C(CCCCCO)C(=O)O1. The van der Waals surface area contributed by atoms with E-state index < -0.39 is 5.60 Å². The van der Waals surface area contributed by atoms with Crippen molar-refractivity contribution in [3.8, 4) is 0 Å². The lowest BCUT2D eigenvalue weighted by molar-refractivity contribution is -0.144. The molecule has 1 N–H and O–H groups in total. The highest BCUT2D eigenvalue weighted by Gasteiger charge is 2.30. The highest BCUT2D eigenvalue weighted by atomic mass is 16.6. The molecular weight excluding hydrogens is 180 g/mol. The van der Waals surface area contributed by atoms with E-state index in [4.69, 9.17) is 9.84 Å². The summed E-state index contributed by atoms with van der Waals surface area (Å²) < 4.78 is 5.14. The Morgan fingerprint density at radius 1 is 1.36 bits per heavy atom. The molecule has 80 valence electrons. The normalized spacial score (nSPS) is 19.4. The van der Waals surface area contributed by atoms with Crippen LogP contribution in [0.5, 0.6) is 0 Å². The van der Waals surface area contributed by atoms with Crippen LogP contribution < -0.4 is 0 Å². The van der Waals surface area contributed by atoms with Crippen LogP contribution >= 0.6 is 0 Å². The average molecular weight is 198 g/mol. The molecule has 14 heavy (non-hydrogen) atoms. The van der Waals surface area contributed by atoms with Gasteiger partial charge in [-0.15, -0.1) is 0 Å². The predicted octanol–water partition coefficient (Wildman–Crippen LogP) is 1.80. The molecule has 0 aromatic carbocycles. The fourth-order valence-electron chi connectivity index (χ4n) is 1.59. The van der Waals surface area contributed by atoms with E-state index >= 15 is 0 Å². The van der Waals surface area contributed by atoms with Crippen LogP contribution in [0.1, 0.15) is 39.5 Å². The van der Waals surface area contributed by atoms with E-state index in [1.54, 1.807) is 0 Å². The first-order valence-corrected chi connectivity index (χ1v) is 5.11. The van der Waals surface area contributed by atoms with Gasteiger partial charge in [0.1, 0.15) is 5.60 Å². The lowest BCUT2D eigenvalue weighted by Crippen LogP contribution is -2.17. The molecule has 1 rings (SSSR count). The lowest BCUT2D eigenvalue weighted by atomic mass is 10.0. The minimum absolute atomic E-state index is 0.181. The Morgan fingerprint density at radius 2 is 2.07 bits per heavy atom. The minimum Gasteiger partial charge on any atom is -0.452 e. The van der Waals surface area contributed by atoms with Crippen LogP contribution in [-0.2, 0) is 9.53 Å². The summed E-state index contributed by atoms with van der Waals surface area (Å²) in [6, 6.07) is 0. The van der Waals surface area contributed by atoms with Crippen LogP contribution in [0.2, 0.25) is 0 Å². The second kappa shape index (κ2) is 4.60. The number of ether oxygens (including phenoxy) is 1. The maximum absolute atomic E-state index is 11.3. The Labute approximate surface area is 84.8 Å². The summed E-state index contributed by atoms with van der Waals surface area (Å²) in [5.41, 5.74) is 0.358. The Morgan fingerprint density at radius 3 is 2.57 bits per heavy atom. The van der Waals surface area contributed by atoms with Crippen molar-refractivity contribution in [2.24, 2.45) is 0 Å². The number of unbranched alkanes of at least 4 members (excludes halogenated alkanes) is 2. The zero-order chi connectivity index (χ0) is 10.6. The van der Waals surface area contributed by atoms with Gasteiger partial charge in [0.2, 0.25) is 0 Å². The number of cyclic esters (lactones) is 1. The maximum Gasteiger partial charge on any atom is 0.334 e. The maximum atomic E-state index is 11.3. The minimum atomic E-state index is -0.427. The van der Waals surface area contributed by atoms with E-state index in [-0.39, 0.29) is 12.6 Å². The summed E-state index contributed by atoms with van der Waals surface area (Å²) in [5, 5.41) is 8.59. The monoisotopic (exact) mass is 198 g/mol. The Balaban J connectivity index is 2.34. The molecule has 1 aliphatic rings. The Bertz CT molecular complexity index is 241. The van der Waals surface area contributed by atoms with Gasteiger partial charge in [0.05, 0.1) is 0 Å². The second-order valence-electron chi connectivity index (χ2n) is 4.20.